The topological polar surface area (TPSA) is 71.3 Å². The predicted octanol–water partition coefficient (Wildman–Crippen LogP) is 0.310. The molecule has 0 unspecified atom stereocenters. The van der Waals surface area contributed by atoms with E-state index in [0.717, 1.165) is 19.4 Å². The molecule has 0 saturated carbocycles. The number of carbonyl (C=O) groups is 2. The molecule has 7 nitrogen and oxygen atoms in total. The molecule has 2 fully saturated rings. The fourth-order valence-electron chi connectivity index (χ4n) is 3.28. The number of likely N-dealkylation sites (tertiary alicyclic amines) is 2. The van der Waals surface area contributed by atoms with Crippen molar-refractivity contribution in [1.29, 1.82) is 0 Å². The van der Waals surface area contributed by atoms with Crippen LogP contribution in [0.4, 0.5) is 0 Å². The van der Waals surface area contributed by atoms with Crippen LogP contribution in [-0.2, 0) is 9.59 Å². The Morgan fingerprint density at radius 1 is 1.43 bits per heavy atom. The molecule has 7 heteroatoms. The van der Waals surface area contributed by atoms with Gasteiger partial charge in [-0.25, -0.2) is 9.67 Å². The summed E-state index contributed by atoms with van der Waals surface area (Å²) in [6, 6.07) is 0.199. The number of carbonyl (C=O) groups excluding carboxylic acids is 2. The van der Waals surface area contributed by atoms with E-state index in [0.29, 0.717) is 26.1 Å². The molecule has 0 radical (unpaired) electrons. The van der Waals surface area contributed by atoms with Gasteiger partial charge >= 0.3 is 0 Å². The van der Waals surface area contributed by atoms with Crippen molar-refractivity contribution >= 4 is 11.8 Å². The van der Waals surface area contributed by atoms with Gasteiger partial charge in [-0.1, -0.05) is 0 Å². The molecule has 2 atom stereocenters. The standard InChI is InChI=1S/C14H21N5O2/c1-2-17-7-11(6-13(17)20)14(21)18-5-3-4-12(8-18)19-10-15-9-16-19/h9-12H,2-8H2,1H3/t11-,12+/m0/s1. The molecule has 1 aromatic rings. The van der Waals surface area contributed by atoms with E-state index in [1.54, 1.807) is 11.2 Å². The smallest absolute Gasteiger partial charge is 0.228 e. The van der Waals surface area contributed by atoms with E-state index < -0.39 is 0 Å². The summed E-state index contributed by atoms with van der Waals surface area (Å²) in [6.45, 7) is 4.65. The summed E-state index contributed by atoms with van der Waals surface area (Å²) < 4.78 is 1.83. The first-order chi connectivity index (χ1) is 10.2. The van der Waals surface area contributed by atoms with Gasteiger partial charge in [0.05, 0.1) is 12.0 Å². The second-order valence-electron chi connectivity index (χ2n) is 5.79. The second kappa shape index (κ2) is 5.83. The van der Waals surface area contributed by atoms with Gasteiger partial charge in [0.25, 0.3) is 0 Å². The van der Waals surface area contributed by atoms with Crippen LogP contribution in [0.1, 0.15) is 32.2 Å². The van der Waals surface area contributed by atoms with Crippen LogP contribution < -0.4 is 0 Å². The van der Waals surface area contributed by atoms with Gasteiger partial charge in [-0.3, -0.25) is 9.59 Å². The summed E-state index contributed by atoms with van der Waals surface area (Å²) in [5.74, 6) is 0.0387. The summed E-state index contributed by atoms with van der Waals surface area (Å²) >= 11 is 0. The number of rotatable bonds is 3. The largest absolute Gasteiger partial charge is 0.342 e. The molecule has 2 amide bonds. The van der Waals surface area contributed by atoms with Crippen LogP contribution in [0.25, 0.3) is 0 Å². The van der Waals surface area contributed by atoms with Crippen LogP contribution in [-0.4, -0.2) is 62.6 Å². The fourth-order valence-corrected chi connectivity index (χ4v) is 3.28. The summed E-state index contributed by atoms with van der Waals surface area (Å²) in [7, 11) is 0. The molecule has 0 aliphatic carbocycles. The van der Waals surface area contributed by atoms with Crippen molar-refractivity contribution in [1.82, 2.24) is 24.6 Å². The normalized spacial score (nSPS) is 26.4. The van der Waals surface area contributed by atoms with Gasteiger partial charge in [-0.15, -0.1) is 0 Å². The van der Waals surface area contributed by atoms with Gasteiger partial charge in [-0.05, 0) is 19.8 Å². The molecule has 114 valence electrons. The number of piperidine rings is 1. The molecule has 2 aliphatic rings. The van der Waals surface area contributed by atoms with Crippen LogP contribution in [0.2, 0.25) is 0 Å². The van der Waals surface area contributed by atoms with Crippen molar-refractivity contribution in [3.05, 3.63) is 12.7 Å². The molecular weight excluding hydrogens is 270 g/mol. The third kappa shape index (κ3) is 2.77. The number of nitrogens with zero attached hydrogens (tertiary/aromatic N) is 5. The number of hydrogen-bond donors (Lipinski definition) is 0. The predicted molar refractivity (Wildman–Crippen MR) is 75.2 cm³/mol. The zero-order chi connectivity index (χ0) is 14.8. The van der Waals surface area contributed by atoms with Crippen LogP contribution >= 0.6 is 0 Å². The van der Waals surface area contributed by atoms with Gasteiger partial charge in [0, 0.05) is 32.6 Å². The Labute approximate surface area is 123 Å². The lowest BCUT2D eigenvalue weighted by molar-refractivity contribution is -0.137. The van der Waals surface area contributed by atoms with Gasteiger partial charge in [0.2, 0.25) is 11.8 Å². The highest BCUT2D eigenvalue weighted by Gasteiger charge is 2.37. The Bertz CT molecular complexity index is 515. The van der Waals surface area contributed by atoms with Crippen molar-refractivity contribution < 1.29 is 9.59 Å². The Hall–Kier alpha value is -1.92. The fraction of sp³-hybridized carbons (Fsp3) is 0.714. The molecule has 0 N–H and O–H groups in total. The van der Waals surface area contributed by atoms with Crippen LogP contribution in [0, 0.1) is 5.92 Å². The Balaban J connectivity index is 1.64. The van der Waals surface area contributed by atoms with E-state index in [2.05, 4.69) is 10.1 Å². The van der Waals surface area contributed by atoms with Crippen molar-refractivity contribution in [2.75, 3.05) is 26.2 Å². The highest BCUT2D eigenvalue weighted by atomic mass is 16.2. The van der Waals surface area contributed by atoms with Crippen LogP contribution in [0.5, 0.6) is 0 Å². The highest BCUT2D eigenvalue weighted by Crippen LogP contribution is 2.25. The first kappa shape index (κ1) is 14.0. The number of hydrogen-bond acceptors (Lipinski definition) is 4. The van der Waals surface area contributed by atoms with Crippen molar-refractivity contribution in [2.45, 2.75) is 32.2 Å². The van der Waals surface area contributed by atoms with E-state index in [1.165, 1.54) is 6.33 Å². The van der Waals surface area contributed by atoms with E-state index >= 15 is 0 Å². The molecule has 3 rings (SSSR count). The van der Waals surface area contributed by atoms with Crippen molar-refractivity contribution in [2.24, 2.45) is 5.92 Å². The minimum atomic E-state index is -0.174. The Kier molecular flexibility index (Phi) is 3.90. The monoisotopic (exact) mass is 291 g/mol. The number of amides is 2. The summed E-state index contributed by atoms with van der Waals surface area (Å²) in [4.78, 5) is 32.0. The second-order valence-corrected chi connectivity index (χ2v) is 5.79. The molecule has 21 heavy (non-hydrogen) atoms. The molecule has 1 aromatic heterocycles. The first-order valence-corrected chi connectivity index (χ1v) is 7.59. The average molecular weight is 291 g/mol. The van der Waals surface area contributed by atoms with E-state index in [-0.39, 0.29) is 23.8 Å². The van der Waals surface area contributed by atoms with E-state index in [9.17, 15) is 9.59 Å². The maximum absolute atomic E-state index is 12.6. The van der Waals surface area contributed by atoms with Crippen molar-refractivity contribution in [3.63, 3.8) is 0 Å². The van der Waals surface area contributed by atoms with Gasteiger partial charge < -0.3 is 9.80 Å². The maximum atomic E-state index is 12.6. The molecular formula is C14H21N5O2. The minimum Gasteiger partial charge on any atom is -0.342 e. The molecule has 2 aliphatic heterocycles. The SMILES string of the molecule is CCN1C[C@@H](C(=O)N2CCC[C@@H](n3cncn3)C2)CC1=O. The van der Waals surface area contributed by atoms with Gasteiger partial charge in [-0.2, -0.15) is 5.10 Å². The minimum absolute atomic E-state index is 0.0979. The molecule has 0 spiro atoms. The molecule has 0 bridgehead atoms. The highest BCUT2D eigenvalue weighted by molar-refractivity contribution is 5.89. The Morgan fingerprint density at radius 3 is 2.95 bits per heavy atom. The van der Waals surface area contributed by atoms with Crippen LogP contribution in [0.15, 0.2) is 12.7 Å². The molecule has 3 heterocycles. The maximum Gasteiger partial charge on any atom is 0.228 e. The lowest BCUT2D eigenvalue weighted by Gasteiger charge is -2.34. The summed E-state index contributed by atoms with van der Waals surface area (Å²) in [6.07, 6.45) is 5.56. The van der Waals surface area contributed by atoms with Crippen molar-refractivity contribution in [3.8, 4) is 0 Å². The van der Waals surface area contributed by atoms with Gasteiger partial charge in [0.1, 0.15) is 12.7 Å². The third-order valence-electron chi connectivity index (χ3n) is 4.46. The summed E-state index contributed by atoms with van der Waals surface area (Å²) in [5.41, 5.74) is 0. The lowest BCUT2D eigenvalue weighted by atomic mass is 10.0. The molecule has 2 saturated heterocycles. The van der Waals surface area contributed by atoms with Crippen LogP contribution in [0.3, 0.4) is 0 Å². The van der Waals surface area contributed by atoms with E-state index in [4.69, 9.17) is 0 Å². The Morgan fingerprint density at radius 2 is 2.29 bits per heavy atom. The zero-order valence-corrected chi connectivity index (χ0v) is 12.3. The van der Waals surface area contributed by atoms with E-state index in [1.807, 2.05) is 16.5 Å². The average Bonchev–Trinajstić information content (AvgIpc) is 3.16. The zero-order valence-electron chi connectivity index (χ0n) is 12.3. The quantitative estimate of drug-likeness (QED) is 0.803. The molecule has 0 aromatic carbocycles. The third-order valence-corrected chi connectivity index (χ3v) is 4.46. The summed E-state index contributed by atoms with van der Waals surface area (Å²) in [5, 5.41) is 4.17. The number of aromatic nitrogens is 3. The van der Waals surface area contributed by atoms with Gasteiger partial charge in [0.15, 0.2) is 0 Å². The lowest BCUT2D eigenvalue weighted by Crippen LogP contribution is -2.44. The first-order valence-electron chi connectivity index (χ1n) is 7.59.